The van der Waals surface area contributed by atoms with Crippen LogP contribution in [0.25, 0.3) is 0 Å². The standard InChI is InChI=1S/C27H29NO4/c1-18(32-24-15-13-23(31-5)14-16-24)26(30)28-22-8-6-7-20(17-22)25(29)19-9-11-21(12-10-19)27(2,3)4/h6-18H,1-5H3,(H,28,30). The minimum atomic E-state index is -0.715. The van der Waals surface area contributed by atoms with Crippen molar-refractivity contribution >= 4 is 17.4 Å². The number of carbonyl (C=O) groups excluding carboxylic acids is 2. The van der Waals surface area contributed by atoms with Crippen LogP contribution >= 0.6 is 0 Å². The number of methoxy groups -OCH3 is 1. The number of nitrogens with one attached hydrogen (secondary N) is 1. The van der Waals surface area contributed by atoms with Crippen molar-refractivity contribution < 1.29 is 19.1 Å². The Bertz CT molecular complexity index is 1080. The fourth-order valence-corrected chi connectivity index (χ4v) is 3.18. The topological polar surface area (TPSA) is 64.6 Å². The normalized spacial score (nSPS) is 12.0. The van der Waals surface area contributed by atoms with Gasteiger partial charge in [-0.05, 0) is 54.3 Å². The summed E-state index contributed by atoms with van der Waals surface area (Å²) >= 11 is 0. The minimum absolute atomic E-state index is 0.0242. The summed E-state index contributed by atoms with van der Waals surface area (Å²) in [6.45, 7) is 8.07. The van der Waals surface area contributed by atoms with E-state index in [0.29, 0.717) is 28.3 Å². The van der Waals surface area contributed by atoms with Crippen molar-refractivity contribution in [1.82, 2.24) is 0 Å². The predicted molar refractivity (Wildman–Crippen MR) is 127 cm³/mol. The first-order valence-electron chi connectivity index (χ1n) is 10.5. The number of ketones is 1. The Morgan fingerprint density at radius 2 is 1.47 bits per heavy atom. The lowest BCUT2D eigenvalue weighted by molar-refractivity contribution is -0.122. The maximum Gasteiger partial charge on any atom is 0.265 e. The Morgan fingerprint density at radius 1 is 0.844 bits per heavy atom. The first-order valence-corrected chi connectivity index (χ1v) is 10.5. The third kappa shape index (κ3) is 5.76. The highest BCUT2D eigenvalue weighted by atomic mass is 16.5. The van der Waals surface area contributed by atoms with Gasteiger partial charge in [-0.15, -0.1) is 0 Å². The van der Waals surface area contributed by atoms with Gasteiger partial charge in [0.15, 0.2) is 11.9 Å². The van der Waals surface area contributed by atoms with Gasteiger partial charge in [0.05, 0.1) is 7.11 Å². The Balaban J connectivity index is 1.67. The van der Waals surface area contributed by atoms with Gasteiger partial charge in [-0.3, -0.25) is 9.59 Å². The molecule has 1 unspecified atom stereocenters. The van der Waals surface area contributed by atoms with Crippen molar-refractivity contribution in [2.75, 3.05) is 12.4 Å². The smallest absolute Gasteiger partial charge is 0.265 e. The molecule has 1 amide bonds. The molecule has 0 saturated carbocycles. The number of benzene rings is 3. The highest BCUT2D eigenvalue weighted by molar-refractivity contribution is 6.09. The van der Waals surface area contributed by atoms with E-state index >= 15 is 0 Å². The molecular formula is C27H29NO4. The monoisotopic (exact) mass is 431 g/mol. The van der Waals surface area contributed by atoms with Crippen LogP contribution in [0.2, 0.25) is 0 Å². The van der Waals surface area contributed by atoms with E-state index in [1.165, 1.54) is 5.56 Å². The first kappa shape index (κ1) is 23.1. The first-order chi connectivity index (χ1) is 15.2. The second-order valence-electron chi connectivity index (χ2n) is 8.66. The molecule has 166 valence electrons. The lowest BCUT2D eigenvalue weighted by Crippen LogP contribution is -2.30. The van der Waals surface area contributed by atoms with E-state index in [9.17, 15) is 9.59 Å². The van der Waals surface area contributed by atoms with Crippen LogP contribution in [0, 0.1) is 0 Å². The third-order valence-electron chi connectivity index (χ3n) is 5.15. The zero-order chi connectivity index (χ0) is 23.3. The molecule has 0 bridgehead atoms. The van der Waals surface area contributed by atoms with Crippen LogP contribution in [0.3, 0.4) is 0 Å². The summed E-state index contributed by atoms with van der Waals surface area (Å²) in [6, 6.07) is 21.6. The highest BCUT2D eigenvalue weighted by Gasteiger charge is 2.17. The molecule has 0 aliphatic heterocycles. The number of amides is 1. The van der Waals surface area contributed by atoms with Crippen molar-refractivity contribution in [3.05, 3.63) is 89.5 Å². The van der Waals surface area contributed by atoms with Crippen molar-refractivity contribution in [1.29, 1.82) is 0 Å². The van der Waals surface area contributed by atoms with Gasteiger partial charge in [-0.2, -0.15) is 0 Å². The quantitative estimate of drug-likeness (QED) is 0.493. The summed E-state index contributed by atoms with van der Waals surface area (Å²) in [7, 11) is 1.59. The van der Waals surface area contributed by atoms with Crippen LogP contribution in [-0.2, 0) is 10.2 Å². The molecule has 0 heterocycles. The minimum Gasteiger partial charge on any atom is -0.497 e. The summed E-state index contributed by atoms with van der Waals surface area (Å²) in [5.74, 6) is 0.879. The number of anilines is 1. The zero-order valence-electron chi connectivity index (χ0n) is 19.1. The average Bonchev–Trinajstić information content (AvgIpc) is 2.78. The summed E-state index contributed by atoms with van der Waals surface area (Å²) < 4.78 is 10.8. The second-order valence-corrected chi connectivity index (χ2v) is 8.66. The molecule has 0 aliphatic rings. The Kier molecular flexibility index (Phi) is 6.98. The van der Waals surface area contributed by atoms with E-state index < -0.39 is 6.10 Å². The largest absolute Gasteiger partial charge is 0.497 e. The van der Waals surface area contributed by atoms with E-state index in [4.69, 9.17) is 9.47 Å². The lowest BCUT2D eigenvalue weighted by atomic mass is 9.86. The van der Waals surface area contributed by atoms with E-state index in [2.05, 4.69) is 26.1 Å². The highest BCUT2D eigenvalue weighted by Crippen LogP contribution is 2.24. The number of rotatable bonds is 7. The van der Waals surface area contributed by atoms with Crippen LogP contribution in [0.5, 0.6) is 11.5 Å². The zero-order valence-corrected chi connectivity index (χ0v) is 19.1. The average molecular weight is 432 g/mol. The molecule has 0 saturated heterocycles. The van der Waals surface area contributed by atoms with Gasteiger partial charge >= 0.3 is 0 Å². The fourth-order valence-electron chi connectivity index (χ4n) is 3.18. The maximum absolute atomic E-state index is 12.9. The molecule has 0 aliphatic carbocycles. The van der Waals surface area contributed by atoms with Gasteiger partial charge in [0.2, 0.25) is 0 Å². The molecule has 5 heteroatoms. The molecule has 5 nitrogen and oxygen atoms in total. The Morgan fingerprint density at radius 3 is 2.06 bits per heavy atom. The van der Waals surface area contributed by atoms with Gasteiger partial charge in [0, 0.05) is 16.8 Å². The SMILES string of the molecule is COc1ccc(OC(C)C(=O)Nc2cccc(C(=O)c3ccc(C(C)(C)C)cc3)c2)cc1. The van der Waals surface area contributed by atoms with Crippen LogP contribution < -0.4 is 14.8 Å². The summed E-state index contributed by atoms with van der Waals surface area (Å²) in [5.41, 5.74) is 2.85. The molecule has 0 radical (unpaired) electrons. The summed E-state index contributed by atoms with van der Waals surface area (Å²) in [6.07, 6.45) is -0.715. The Hall–Kier alpha value is -3.60. The summed E-state index contributed by atoms with van der Waals surface area (Å²) in [4.78, 5) is 25.5. The molecule has 3 aromatic carbocycles. The molecule has 0 fully saturated rings. The molecule has 0 aromatic heterocycles. The number of carbonyl (C=O) groups is 2. The molecule has 32 heavy (non-hydrogen) atoms. The fraction of sp³-hybridized carbons (Fsp3) is 0.259. The van der Waals surface area contributed by atoms with Crippen LogP contribution in [0.1, 0.15) is 49.2 Å². The van der Waals surface area contributed by atoms with Gasteiger partial charge in [0.1, 0.15) is 11.5 Å². The van der Waals surface area contributed by atoms with Crippen molar-refractivity contribution in [2.45, 2.75) is 39.2 Å². The van der Waals surface area contributed by atoms with E-state index in [0.717, 1.165) is 0 Å². The summed E-state index contributed by atoms with van der Waals surface area (Å²) in [5, 5.41) is 2.82. The number of hydrogen-bond donors (Lipinski definition) is 1. The van der Waals surface area contributed by atoms with Gasteiger partial charge < -0.3 is 14.8 Å². The predicted octanol–water partition coefficient (Wildman–Crippen LogP) is 5.63. The van der Waals surface area contributed by atoms with Crippen molar-refractivity contribution in [3.63, 3.8) is 0 Å². The van der Waals surface area contributed by atoms with E-state index in [-0.39, 0.29) is 17.1 Å². The molecule has 3 aromatic rings. The Labute approximate surface area is 189 Å². The van der Waals surface area contributed by atoms with Crippen LogP contribution in [0.4, 0.5) is 5.69 Å². The molecule has 0 spiro atoms. The molecule has 3 rings (SSSR count). The third-order valence-corrected chi connectivity index (χ3v) is 5.15. The van der Waals surface area contributed by atoms with Crippen molar-refractivity contribution in [2.24, 2.45) is 0 Å². The molecular weight excluding hydrogens is 402 g/mol. The number of hydrogen-bond acceptors (Lipinski definition) is 4. The van der Waals surface area contributed by atoms with E-state index in [1.54, 1.807) is 62.6 Å². The molecule has 1 N–H and O–H groups in total. The van der Waals surface area contributed by atoms with E-state index in [1.807, 2.05) is 24.3 Å². The maximum atomic E-state index is 12.9. The van der Waals surface area contributed by atoms with Gasteiger partial charge in [0.25, 0.3) is 5.91 Å². The van der Waals surface area contributed by atoms with Crippen LogP contribution in [0.15, 0.2) is 72.8 Å². The lowest BCUT2D eigenvalue weighted by Gasteiger charge is -2.19. The molecule has 1 atom stereocenters. The van der Waals surface area contributed by atoms with Crippen molar-refractivity contribution in [3.8, 4) is 11.5 Å². The van der Waals surface area contributed by atoms with Crippen LogP contribution in [-0.4, -0.2) is 24.9 Å². The number of ether oxygens (including phenoxy) is 2. The van der Waals surface area contributed by atoms with Gasteiger partial charge in [-0.25, -0.2) is 0 Å². The van der Waals surface area contributed by atoms with Gasteiger partial charge in [-0.1, -0.05) is 57.2 Å². The second kappa shape index (κ2) is 9.69.